The predicted molar refractivity (Wildman–Crippen MR) is 77.4 cm³/mol. The average Bonchev–Trinajstić information content (AvgIpc) is 3.06. The van der Waals surface area contributed by atoms with E-state index in [4.69, 9.17) is 10.3 Å². The fourth-order valence-corrected chi connectivity index (χ4v) is 3.14. The van der Waals surface area contributed by atoms with Crippen LogP contribution in [0.2, 0.25) is 0 Å². The van der Waals surface area contributed by atoms with Gasteiger partial charge in [-0.15, -0.1) is 0 Å². The molecule has 2 aromatic rings. The third-order valence-corrected chi connectivity index (χ3v) is 4.21. The van der Waals surface area contributed by atoms with E-state index >= 15 is 0 Å². The Bertz CT molecular complexity index is 579. The maximum atomic E-state index is 5.82. The van der Waals surface area contributed by atoms with Crippen LogP contribution in [-0.4, -0.2) is 16.7 Å². The second kappa shape index (κ2) is 5.75. The molecule has 0 amide bonds. The number of rotatable bonds is 4. The molecular weight excluding hydrogens is 250 g/mol. The Morgan fingerprint density at radius 2 is 2.25 bits per heavy atom. The maximum Gasteiger partial charge on any atom is 0.230 e. The molecule has 0 aliphatic heterocycles. The minimum absolute atomic E-state index is 0.360. The third-order valence-electron chi connectivity index (χ3n) is 4.21. The van der Waals surface area contributed by atoms with E-state index in [2.05, 4.69) is 41.3 Å². The molecule has 2 unspecified atom stereocenters. The highest BCUT2D eigenvalue weighted by Crippen LogP contribution is 2.38. The van der Waals surface area contributed by atoms with Gasteiger partial charge in [-0.25, -0.2) is 0 Å². The molecule has 4 heteroatoms. The highest BCUT2D eigenvalue weighted by Gasteiger charge is 2.31. The van der Waals surface area contributed by atoms with Gasteiger partial charge in [0.2, 0.25) is 5.89 Å². The van der Waals surface area contributed by atoms with Crippen LogP contribution < -0.4 is 5.73 Å². The van der Waals surface area contributed by atoms with Gasteiger partial charge in [0, 0.05) is 12.3 Å². The molecule has 2 N–H and O–H groups in total. The van der Waals surface area contributed by atoms with Crippen LogP contribution in [0.5, 0.6) is 0 Å². The number of nitrogens with zero attached hydrogens (tertiary/aromatic N) is 2. The second-order valence-corrected chi connectivity index (χ2v) is 5.75. The van der Waals surface area contributed by atoms with Crippen LogP contribution in [0, 0.1) is 12.8 Å². The number of benzene rings is 1. The minimum atomic E-state index is 0.360. The van der Waals surface area contributed by atoms with Gasteiger partial charge in [0.1, 0.15) is 0 Å². The van der Waals surface area contributed by atoms with Crippen LogP contribution >= 0.6 is 0 Å². The molecule has 1 aliphatic carbocycles. The predicted octanol–water partition coefficient (Wildman–Crippen LogP) is 2.81. The molecule has 1 aromatic heterocycles. The highest BCUT2D eigenvalue weighted by molar-refractivity contribution is 5.24. The second-order valence-electron chi connectivity index (χ2n) is 5.75. The molecule has 0 saturated heterocycles. The van der Waals surface area contributed by atoms with Gasteiger partial charge < -0.3 is 10.3 Å². The van der Waals surface area contributed by atoms with E-state index in [1.165, 1.54) is 24.0 Å². The Morgan fingerprint density at radius 3 is 3.05 bits per heavy atom. The first-order chi connectivity index (χ1) is 9.76. The summed E-state index contributed by atoms with van der Waals surface area (Å²) in [6.07, 6.45) is 4.23. The van der Waals surface area contributed by atoms with Gasteiger partial charge in [-0.1, -0.05) is 41.4 Å². The molecule has 3 rings (SSSR count). The normalized spacial score (nSPS) is 22.3. The molecule has 1 aromatic carbocycles. The van der Waals surface area contributed by atoms with Crippen molar-refractivity contribution in [1.29, 1.82) is 0 Å². The van der Waals surface area contributed by atoms with Crippen molar-refractivity contribution in [2.24, 2.45) is 11.7 Å². The fraction of sp³-hybridized carbons (Fsp3) is 0.500. The summed E-state index contributed by atoms with van der Waals surface area (Å²) < 4.78 is 5.47. The van der Waals surface area contributed by atoms with Crippen LogP contribution in [0.3, 0.4) is 0 Å². The molecule has 1 saturated carbocycles. The number of aryl methyl sites for hydroxylation is 1. The van der Waals surface area contributed by atoms with E-state index in [1.807, 2.05) is 0 Å². The third kappa shape index (κ3) is 2.75. The molecule has 4 nitrogen and oxygen atoms in total. The van der Waals surface area contributed by atoms with Crippen molar-refractivity contribution in [2.75, 3.05) is 6.54 Å². The maximum absolute atomic E-state index is 5.82. The summed E-state index contributed by atoms with van der Waals surface area (Å²) in [5.74, 6) is 2.41. The van der Waals surface area contributed by atoms with Gasteiger partial charge >= 0.3 is 0 Å². The van der Waals surface area contributed by atoms with Crippen molar-refractivity contribution in [3.05, 3.63) is 47.1 Å². The summed E-state index contributed by atoms with van der Waals surface area (Å²) in [5.41, 5.74) is 8.29. The van der Waals surface area contributed by atoms with Crippen molar-refractivity contribution < 1.29 is 4.52 Å². The van der Waals surface area contributed by atoms with Crippen molar-refractivity contribution >= 4 is 0 Å². The topological polar surface area (TPSA) is 64.9 Å². The Kier molecular flexibility index (Phi) is 3.83. The Labute approximate surface area is 119 Å². The monoisotopic (exact) mass is 271 g/mol. The zero-order valence-electron chi connectivity index (χ0n) is 11.9. The lowest BCUT2D eigenvalue weighted by atomic mass is 9.96. The summed E-state index contributed by atoms with van der Waals surface area (Å²) in [6, 6.07) is 8.41. The van der Waals surface area contributed by atoms with Gasteiger partial charge in [-0.3, -0.25) is 0 Å². The van der Waals surface area contributed by atoms with Gasteiger partial charge in [-0.2, -0.15) is 4.98 Å². The molecule has 1 heterocycles. The zero-order valence-corrected chi connectivity index (χ0v) is 11.9. The van der Waals surface area contributed by atoms with E-state index in [0.717, 1.165) is 24.6 Å². The summed E-state index contributed by atoms with van der Waals surface area (Å²) in [6.45, 7) is 2.80. The standard InChI is InChI=1S/C16H21N3O/c1-11-4-2-5-12(8-11)9-15-18-16(20-19-15)14-7-3-6-13(14)10-17/h2,4-5,8,13-14H,3,6-7,9-10,17H2,1H3. The summed E-state index contributed by atoms with van der Waals surface area (Å²) in [5, 5.41) is 4.13. The number of hydrogen-bond acceptors (Lipinski definition) is 4. The molecule has 1 aliphatic rings. The van der Waals surface area contributed by atoms with Crippen molar-refractivity contribution in [2.45, 2.75) is 38.5 Å². The molecule has 20 heavy (non-hydrogen) atoms. The van der Waals surface area contributed by atoms with E-state index < -0.39 is 0 Å². The van der Waals surface area contributed by atoms with E-state index in [0.29, 0.717) is 18.4 Å². The number of hydrogen-bond donors (Lipinski definition) is 1. The molecule has 0 spiro atoms. The average molecular weight is 271 g/mol. The first-order valence-corrected chi connectivity index (χ1v) is 7.34. The lowest BCUT2D eigenvalue weighted by molar-refractivity contribution is 0.323. The Hall–Kier alpha value is -1.68. The van der Waals surface area contributed by atoms with Crippen molar-refractivity contribution in [1.82, 2.24) is 10.1 Å². The van der Waals surface area contributed by atoms with Crippen LogP contribution in [0.15, 0.2) is 28.8 Å². The first kappa shape index (κ1) is 13.3. The lowest BCUT2D eigenvalue weighted by Gasteiger charge is -2.12. The lowest BCUT2D eigenvalue weighted by Crippen LogP contribution is -2.17. The smallest absolute Gasteiger partial charge is 0.230 e. The van der Waals surface area contributed by atoms with E-state index in [1.54, 1.807) is 0 Å². The van der Waals surface area contributed by atoms with Gasteiger partial charge in [-0.05, 0) is 37.8 Å². The number of aromatic nitrogens is 2. The van der Waals surface area contributed by atoms with E-state index in [9.17, 15) is 0 Å². The zero-order chi connectivity index (χ0) is 13.9. The molecule has 0 radical (unpaired) electrons. The molecule has 106 valence electrons. The quantitative estimate of drug-likeness (QED) is 0.928. The molecule has 2 atom stereocenters. The van der Waals surface area contributed by atoms with Crippen LogP contribution in [0.4, 0.5) is 0 Å². The van der Waals surface area contributed by atoms with Gasteiger partial charge in [0.25, 0.3) is 0 Å². The molecule has 0 bridgehead atoms. The van der Waals surface area contributed by atoms with Gasteiger partial charge in [0.15, 0.2) is 5.82 Å². The molecule has 1 fully saturated rings. The van der Waals surface area contributed by atoms with Crippen molar-refractivity contribution in [3.63, 3.8) is 0 Å². The summed E-state index contributed by atoms with van der Waals surface area (Å²) >= 11 is 0. The first-order valence-electron chi connectivity index (χ1n) is 7.34. The highest BCUT2D eigenvalue weighted by atomic mass is 16.5. The van der Waals surface area contributed by atoms with Crippen LogP contribution in [-0.2, 0) is 6.42 Å². The Balaban J connectivity index is 1.73. The van der Waals surface area contributed by atoms with Crippen LogP contribution in [0.1, 0.15) is 48.0 Å². The summed E-state index contributed by atoms with van der Waals surface area (Å²) in [7, 11) is 0. The van der Waals surface area contributed by atoms with Crippen molar-refractivity contribution in [3.8, 4) is 0 Å². The number of nitrogens with two attached hydrogens (primary N) is 1. The SMILES string of the molecule is Cc1cccc(Cc2noc(C3CCCC3CN)n2)c1. The minimum Gasteiger partial charge on any atom is -0.339 e. The summed E-state index contributed by atoms with van der Waals surface area (Å²) in [4.78, 5) is 4.58. The Morgan fingerprint density at radius 1 is 1.35 bits per heavy atom. The fourth-order valence-electron chi connectivity index (χ4n) is 3.14. The van der Waals surface area contributed by atoms with E-state index in [-0.39, 0.29) is 0 Å². The van der Waals surface area contributed by atoms with Crippen LogP contribution in [0.25, 0.3) is 0 Å². The van der Waals surface area contributed by atoms with Gasteiger partial charge in [0.05, 0.1) is 0 Å². The largest absolute Gasteiger partial charge is 0.339 e. The molecular formula is C16H21N3O.